The second-order valence-corrected chi connectivity index (χ2v) is 4.13. The van der Waals surface area contributed by atoms with Gasteiger partial charge in [0.25, 0.3) is 5.91 Å². The van der Waals surface area contributed by atoms with Gasteiger partial charge in [0.2, 0.25) is 0 Å². The average Bonchev–Trinajstić information content (AvgIpc) is 2.27. The Kier molecular flexibility index (Phi) is 5.03. The molecule has 1 amide bonds. The van der Waals surface area contributed by atoms with E-state index in [1.165, 1.54) is 24.3 Å². The summed E-state index contributed by atoms with van der Waals surface area (Å²) < 4.78 is 36.8. The van der Waals surface area contributed by atoms with Gasteiger partial charge in [0, 0.05) is 17.0 Å². The molecule has 0 aliphatic rings. The molecule has 0 radical (unpaired) electrons. The van der Waals surface area contributed by atoms with E-state index in [9.17, 15) is 18.0 Å². The lowest BCUT2D eigenvalue weighted by Gasteiger charge is -2.23. The highest BCUT2D eigenvalue weighted by Crippen LogP contribution is 2.18. The van der Waals surface area contributed by atoms with E-state index in [4.69, 9.17) is 5.11 Å². The number of hydrogen-bond donors (Lipinski definition) is 2. The molecule has 7 heteroatoms. The molecule has 0 fully saturated rings. The zero-order chi connectivity index (χ0) is 13.8. The Balaban J connectivity index is 2.85. The minimum atomic E-state index is -4.49. The molecule has 0 spiro atoms. The molecule has 0 atom stereocenters. The van der Waals surface area contributed by atoms with E-state index >= 15 is 0 Å². The van der Waals surface area contributed by atoms with Crippen LogP contribution in [0.4, 0.5) is 13.2 Å². The summed E-state index contributed by atoms with van der Waals surface area (Å²) in [5.74, 6) is -0.769. The Hall–Kier alpha value is -1.21. The van der Waals surface area contributed by atoms with Gasteiger partial charge in [0.1, 0.15) is 6.54 Å². The standard InChI is InChI=1S/C11H12F3NO2S/c12-11(13,14)7-15(5-6-16)10(17)8-1-3-9(18)4-2-8/h1-4,16,18H,5-7H2. The maximum atomic E-state index is 12.3. The van der Waals surface area contributed by atoms with Gasteiger partial charge in [-0.1, -0.05) is 0 Å². The van der Waals surface area contributed by atoms with Gasteiger partial charge in [-0.2, -0.15) is 13.2 Å². The van der Waals surface area contributed by atoms with Crippen molar-refractivity contribution < 1.29 is 23.1 Å². The molecule has 1 aromatic carbocycles. The molecule has 18 heavy (non-hydrogen) atoms. The number of rotatable bonds is 4. The van der Waals surface area contributed by atoms with Gasteiger partial charge in [0.05, 0.1) is 6.61 Å². The molecule has 1 aromatic rings. The highest BCUT2D eigenvalue weighted by molar-refractivity contribution is 7.80. The number of alkyl halides is 3. The number of carbonyl (C=O) groups excluding carboxylic acids is 1. The average molecular weight is 279 g/mol. The highest BCUT2D eigenvalue weighted by Gasteiger charge is 2.33. The van der Waals surface area contributed by atoms with Crippen molar-refractivity contribution >= 4 is 18.5 Å². The first-order valence-electron chi connectivity index (χ1n) is 5.09. The molecule has 0 aliphatic heterocycles. The van der Waals surface area contributed by atoms with Crippen LogP contribution in [-0.2, 0) is 0 Å². The third-order valence-corrected chi connectivity index (χ3v) is 2.44. The third-order valence-electron chi connectivity index (χ3n) is 2.14. The van der Waals surface area contributed by atoms with Crippen LogP contribution in [0.25, 0.3) is 0 Å². The maximum absolute atomic E-state index is 12.3. The number of thiol groups is 1. The second-order valence-electron chi connectivity index (χ2n) is 3.61. The van der Waals surface area contributed by atoms with E-state index in [2.05, 4.69) is 12.6 Å². The molecule has 0 saturated heterocycles. The van der Waals surface area contributed by atoms with Crippen molar-refractivity contribution in [3.8, 4) is 0 Å². The van der Waals surface area contributed by atoms with Gasteiger partial charge in [-0.3, -0.25) is 4.79 Å². The van der Waals surface area contributed by atoms with Gasteiger partial charge in [-0.15, -0.1) is 12.6 Å². The number of carbonyl (C=O) groups is 1. The number of aliphatic hydroxyl groups excluding tert-OH is 1. The first-order chi connectivity index (χ1) is 8.33. The van der Waals surface area contributed by atoms with E-state index in [0.717, 1.165) is 0 Å². The molecular formula is C11H12F3NO2S. The third kappa shape index (κ3) is 4.58. The summed E-state index contributed by atoms with van der Waals surface area (Å²) in [6.45, 7) is -2.26. The SMILES string of the molecule is O=C(c1ccc(S)cc1)N(CCO)CC(F)(F)F. The molecule has 0 aliphatic carbocycles. The molecular weight excluding hydrogens is 267 g/mol. The van der Waals surface area contributed by atoms with E-state index < -0.39 is 25.2 Å². The molecule has 100 valence electrons. The molecule has 1 rings (SSSR count). The van der Waals surface area contributed by atoms with Gasteiger partial charge in [-0.05, 0) is 24.3 Å². The normalized spacial score (nSPS) is 11.4. The Labute approximate surface area is 108 Å². The summed E-state index contributed by atoms with van der Waals surface area (Å²) in [6.07, 6.45) is -4.49. The van der Waals surface area contributed by atoms with Gasteiger partial charge in [-0.25, -0.2) is 0 Å². The predicted octanol–water partition coefficient (Wildman–Crippen LogP) is 1.97. The van der Waals surface area contributed by atoms with Crippen LogP contribution in [0.5, 0.6) is 0 Å². The van der Waals surface area contributed by atoms with Crippen molar-refractivity contribution in [3.63, 3.8) is 0 Å². The predicted molar refractivity (Wildman–Crippen MR) is 62.7 cm³/mol. The van der Waals surface area contributed by atoms with E-state index in [-0.39, 0.29) is 12.1 Å². The lowest BCUT2D eigenvalue weighted by Crippen LogP contribution is -2.40. The van der Waals surface area contributed by atoms with E-state index in [1.807, 2.05) is 0 Å². The summed E-state index contributed by atoms with van der Waals surface area (Å²) in [7, 11) is 0. The van der Waals surface area contributed by atoms with Crippen molar-refractivity contribution in [3.05, 3.63) is 29.8 Å². The minimum absolute atomic E-state index is 0.130. The van der Waals surface area contributed by atoms with Crippen molar-refractivity contribution in [1.29, 1.82) is 0 Å². The van der Waals surface area contributed by atoms with Crippen molar-refractivity contribution in [1.82, 2.24) is 4.90 Å². The summed E-state index contributed by atoms with van der Waals surface area (Å²) in [5.41, 5.74) is 0.130. The molecule has 0 unspecified atom stereocenters. The van der Waals surface area contributed by atoms with Crippen LogP contribution in [0.1, 0.15) is 10.4 Å². The van der Waals surface area contributed by atoms with Gasteiger partial charge >= 0.3 is 6.18 Å². The summed E-state index contributed by atoms with van der Waals surface area (Å²) in [5, 5.41) is 8.70. The van der Waals surface area contributed by atoms with Crippen LogP contribution in [-0.4, -0.2) is 41.8 Å². The topological polar surface area (TPSA) is 40.5 Å². The van der Waals surface area contributed by atoms with Gasteiger partial charge in [0.15, 0.2) is 0 Å². The summed E-state index contributed by atoms with van der Waals surface area (Å²) in [4.78, 5) is 13.0. The number of hydrogen-bond acceptors (Lipinski definition) is 3. The first kappa shape index (κ1) is 14.8. The molecule has 3 nitrogen and oxygen atoms in total. The molecule has 0 aromatic heterocycles. The lowest BCUT2D eigenvalue weighted by molar-refractivity contribution is -0.141. The van der Waals surface area contributed by atoms with E-state index in [0.29, 0.717) is 9.80 Å². The fourth-order valence-corrected chi connectivity index (χ4v) is 1.53. The highest BCUT2D eigenvalue weighted by atomic mass is 32.1. The number of nitrogens with zero attached hydrogens (tertiary/aromatic N) is 1. The smallest absolute Gasteiger partial charge is 0.395 e. The fraction of sp³-hybridized carbons (Fsp3) is 0.364. The Morgan fingerprint density at radius 3 is 2.28 bits per heavy atom. The number of amides is 1. The van der Waals surface area contributed by atoms with Crippen LogP contribution in [0.15, 0.2) is 29.2 Å². The molecule has 0 saturated carbocycles. The zero-order valence-electron chi connectivity index (χ0n) is 9.31. The van der Waals surface area contributed by atoms with Crippen LogP contribution >= 0.6 is 12.6 Å². The van der Waals surface area contributed by atoms with Crippen LogP contribution < -0.4 is 0 Å². The number of aliphatic hydroxyl groups is 1. The Morgan fingerprint density at radius 1 is 1.28 bits per heavy atom. The summed E-state index contributed by atoms with van der Waals surface area (Å²) in [6, 6.07) is 5.82. The molecule has 0 heterocycles. The van der Waals surface area contributed by atoms with Gasteiger partial charge < -0.3 is 10.0 Å². The second kappa shape index (κ2) is 6.10. The number of halogens is 3. The molecule has 0 bridgehead atoms. The lowest BCUT2D eigenvalue weighted by atomic mass is 10.2. The Morgan fingerprint density at radius 2 is 1.83 bits per heavy atom. The number of benzene rings is 1. The van der Waals surface area contributed by atoms with Crippen molar-refractivity contribution in [2.75, 3.05) is 19.7 Å². The van der Waals surface area contributed by atoms with E-state index in [1.54, 1.807) is 0 Å². The fourth-order valence-electron chi connectivity index (χ4n) is 1.38. The summed E-state index contributed by atoms with van der Waals surface area (Å²) >= 11 is 4.02. The van der Waals surface area contributed by atoms with Crippen molar-refractivity contribution in [2.24, 2.45) is 0 Å². The van der Waals surface area contributed by atoms with Crippen LogP contribution in [0.3, 0.4) is 0 Å². The maximum Gasteiger partial charge on any atom is 0.406 e. The zero-order valence-corrected chi connectivity index (χ0v) is 10.2. The van der Waals surface area contributed by atoms with Crippen LogP contribution in [0.2, 0.25) is 0 Å². The quantitative estimate of drug-likeness (QED) is 0.827. The largest absolute Gasteiger partial charge is 0.406 e. The first-order valence-corrected chi connectivity index (χ1v) is 5.54. The van der Waals surface area contributed by atoms with Crippen LogP contribution in [0, 0.1) is 0 Å². The van der Waals surface area contributed by atoms with Crippen molar-refractivity contribution in [2.45, 2.75) is 11.1 Å². The monoisotopic (exact) mass is 279 g/mol. The molecule has 1 N–H and O–H groups in total. The minimum Gasteiger partial charge on any atom is -0.395 e. The Bertz CT molecular complexity index is 406.